The molecule has 1 heterocycles. The Hall–Kier alpha value is -2.25. The van der Waals surface area contributed by atoms with Gasteiger partial charge in [0.2, 0.25) is 5.91 Å². The van der Waals surface area contributed by atoms with E-state index in [2.05, 4.69) is 27.6 Å². The summed E-state index contributed by atoms with van der Waals surface area (Å²) in [4.78, 5) is 14.8. The van der Waals surface area contributed by atoms with Crippen molar-refractivity contribution in [3.8, 4) is 0 Å². The SMILES string of the molecule is CCn1cnnc1SC(C)C(=O)Nc1ccccc1Sc1ccccc1. The zero-order chi connectivity index (χ0) is 18.4. The molecular formula is C19H20N4OS2. The van der Waals surface area contributed by atoms with Crippen LogP contribution in [0.5, 0.6) is 0 Å². The van der Waals surface area contributed by atoms with E-state index < -0.39 is 0 Å². The van der Waals surface area contributed by atoms with E-state index in [1.165, 1.54) is 11.8 Å². The van der Waals surface area contributed by atoms with Crippen molar-refractivity contribution in [3.63, 3.8) is 0 Å². The van der Waals surface area contributed by atoms with E-state index in [-0.39, 0.29) is 11.2 Å². The minimum atomic E-state index is -0.278. The highest BCUT2D eigenvalue weighted by molar-refractivity contribution is 8.00. The Labute approximate surface area is 161 Å². The molecule has 0 aliphatic rings. The summed E-state index contributed by atoms with van der Waals surface area (Å²) in [5.41, 5.74) is 0.816. The van der Waals surface area contributed by atoms with E-state index >= 15 is 0 Å². The number of thioether (sulfide) groups is 1. The molecule has 0 fully saturated rings. The summed E-state index contributed by atoms with van der Waals surface area (Å²) in [6, 6.07) is 18.0. The molecule has 5 nitrogen and oxygen atoms in total. The molecule has 0 aliphatic carbocycles. The van der Waals surface area contributed by atoms with Crippen LogP contribution < -0.4 is 5.32 Å². The number of rotatable bonds is 7. The van der Waals surface area contributed by atoms with Gasteiger partial charge in [0, 0.05) is 16.3 Å². The molecular weight excluding hydrogens is 364 g/mol. The van der Waals surface area contributed by atoms with Crippen molar-refractivity contribution in [2.75, 3.05) is 5.32 Å². The fourth-order valence-corrected chi connectivity index (χ4v) is 4.08. The smallest absolute Gasteiger partial charge is 0.237 e. The highest BCUT2D eigenvalue weighted by Crippen LogP contribution is 2.33. The second kappa shape index (κ2) is 8.91. The van der Waals surface area contributed by atoms with Crippen molar-refractivity contribution in [1.29, 1.82) is 0 Å². The van der Waals surface area contributed by atoms with Crippen LogP contribution in [0.3, 0.4) is 0 Å². The van der Waals surface area contributed by atoms with E-state index in [0.29, 0.717) is 0 Å². The molecule has 1 atom stereocenters. The number of hydrogen-bond donors (Lipinski definition) is 1. The van der Waals surface area contributed by atoms with Crippen LogP contribution >= 0.6 is 23.5 Å². The van der Waals surface area contributed by atoms with Crippen LogP contribution in [0.1, 0.15) is 13.8 Å². The van der Waals surface area contributed by atoms with Gasteiger partial charge in [-0.1, -0.05) is 53.9 Å². The zero-order valence-electron chi connectivity index (χ0n) is 14.6. The molecule has 1 unspecified atom stereocenters. The van der Waals surface area contributed by atoms with E-state index in [9.17, 15) is 4.79 Å². The second-order valence-electron chi connectivity index (χ2n) is 5.56. The summed E-state index contributed by atoms with van der Waals surface area (Å²) in [5, 5.41) is 11.5. The summed E-state index contributed by atoms with van der Waals surface area (Å²) >= 11 is 3.04. The van der Waals surface area contributed by atoms with Crippen LogP contribution in [0.2, 0.25) is 0 Å². The third kappa shape index (κ3) is 4.68. The first-order chi connectivity index (χ1) is 12.7. The molecule has 1 N–H and O–H groups in total. The number of amides is 1. The molecule has 134 valence electrons. The highest BCUT2D eigenvalue weighted by atomic mass is 32.2. The molecule has 1 aromatic heterocycles. The molecule has 0 spiro atoms. The molecule has 7 heteroatoms. The van der Waals surface area contributed by atoms with E-state index in [4.69, 9.17) is 0 Å². The number of carbonyl (C=O) groups excluding carboxylic acids is 1. The van der Waals surface area contributed by atoms with Gasteiger partial charge in [-0.2, -0.15) is 0 Å². The third-order valence-electron chi connectivity index (χ3n) is 3.69. The standard InChI is InChI=1S/C19H20N4OS2/c1-3-23-13-20-22-19(23)25-14(2)18(24)21-16-11-7-8-12-17(16)26-15-9-5-4-6-10-15/h4-14H,3H2,1-2H3,(H,21,24). The number of hydrogen-bond acceptors (Lipinski definition) is 5. The van der Waals surface area contributed by atoms with Gasteiger partial charge in [-0.25, -0.2) is 0 Å². The van der Waals surface area contributed by atoms with Gasteiger partial charge < -0.3 is 9.88 Å². The first kappa shape index (κ1) is 18.5. The van der Waals surface area contributed by atoms with E-state index in [1.807, 2.05) is 60.9 Å². The van der Waals surface area contributed by atoms with Gasteiger partial charge in [0.25, 0.3) is 0 Å². The van der Waals surface area contributed by atoms with Crippen molar-refractivity contribution >= 4 is 35.1 Å². The number of aromatic nitrogens is 3. The van der Waals surface area contributed by atoms with Crippen molar-refractivity contribution in [1.82, 2.24) is 14.8 Å². The Kier molecular flexibility index (Phi) is 6.35. The maximum absolute atomic E-state index is 12.6. The number of aryl methyl sites for hydroxylation is 1. The molecule has 0 radical (unpaired) electrons. The Bertz CT molecular complexity index is 867. The van der Waals surface area contributed by atoms with Gasteiger partial charge in [-0.3, -0.25) is 4.79 Å². The molecule has 2 aromatic carbocycles. The molecule has 3 aromatic rings. The van der Waals surface area contributed by atoms with E-state index in [1.54, 1.807) is 18.1 Å². The summed E-state index contributed by atoms with van der Waals surface area (Å²) in [5.74, 6) is -0.0539. The number of nitrogens with one attached hydrogen (secondary N) is 1. The Morgan fingerprint density at radius 3 is 2.65 bits per heavy atom. The molecule has 3 rings (SSSR count). The quantitative estimate of drug-likeness (QED) is 0.605. The maximum Gasteiger partial charge on any atom is 0.237 e. The fourth-order valence-electron chi connectivity index (χ4n) is 2.27. The largest absolute Gasteiger partial charge is 0.324 e. The van der Waals surface area contributed by atoms with Crippen LogP contribution in [0.25, 0.3) is 0 Å². The monoisotopic (exact) mass is 384 g/mol. The number of carbonyl (C=O) groups is 1. The van der Waals surface area contributed by atoms with Crippen molar-refractivity contribution in [2.24, 2.45) is 0 Å². The summed E-state index contributed by atoms with van der Waals surface area (Å²) in [6.07, 6.45) is 1.68. The topological polar surface area (TPSA) is 59.8 Å². The lowest BCUT2D eigenvalue weighted by atomic mass is 10.3. The molecule has 0 bridgehead atoms. The Balaban J connectivity index is 1.69. The number of nitrogens with zero attached hydrogens (tertiary/aromatic N) is 3. The number of benzene rings is 2. The van der Waals surface area contributed by atoms with Crippen molar-refractivity contribution in [3.05, 3.63) is 60.9 Å². The van der Waals surface area contributed by atoms with Gasteiger partial charge in [0.1, 0.15) is 6.33 Å². The minimum absolute atomic E-state index is 0.0539. The Morgan fingerprint density at radius 2 is 1.88 bits per heavy atom. The molecule has 1 amide bonds. The third-order valence-corrected chi connectivity index (χ3v) is 5.87. The van der Waals surface area contributed by atoms with Gasteiger partial charge in [0.05, 0.1) is 10.9 Å². The summed E-state index contributed by atoms with van der Waals surface area (Å²) in [7, 11) is 0. The van der Waals surface area contributed by atoms with Crippen LogP contribution in [0.4, 0.5) is 5.69 Å². The minimum Gasteiger partial charge on any atom is -0.324 e. The zero-order valence-corrected chi connectivity index (χ0v) is 16.3. The average molecular weight is 385 g/mol. The van der Waals surface area contributed by atoms with Gasteiger partial charge in [-0.05, 0) is 38.1 Å². The Morgan fingerprint density at radius 1 is 1.15 bits per heavy atom. The van der Waals surface area contributed by atoms with Crippen LogP contribution in [0, 0.1) is 0 Å². The fraction of sp³-hybridized carbons (Fsp3) is 0.211. The van der Waals surface area contributed by atoms with E-state index in [0.717, 1.165) is 27.2 Å². The van der Waals surface area contributed by atoms with Gasteiger partial charge in [-0.15, -0.1) is 10.2 Å². The molecule has 0 saturated carbocycles. The number of anilines is 1. The number of para-hydroxylation sites is 1. The highest BCUT2D eigenvalue weighted by Gasteiger charge is 2.18. The molecule has 26 heavy (non-hydrogen) atoms. The lowest BCUT2D eigenvalue weighted by Crippen LogP contribution is -2.23. The molecule has 0 saturated heterocycles. The van der Waals surface area contributed by atoms with Crippen LogP contribution in [0.15, 0.2) is 75.9 Å². The van der Waals surface area contributed by atoms with Gasteiger partial charge in [0.15, 0.2) is 5.16 Å². The van der Waals surface area contributed by atoms with Crippen molar-refractivity contribution < 1.29 is 4.79 Å². The van der Waals surface area contributed by atoms with Crippen LogP contribution in [-0.2, 0) is 11.3 Å². The predicted molar refractivity (Wildman–Crippen MR) is 107 cm³/mol. The lowest BCUT2D eigenvalue weighted by molar-refractivity contribution is -0.115. The summed E-state index contributed by atoms with van der Waals surface area (Å²) < 4.78 is 1.92. The van der Waals surface area contributed by atoms with Crippen LogP contribution in [-0.4, -0.2) is 25.9 Å². The second-order valence-corrected chi connectivity index (χ2v) is 7.98. The normalized spacial score (nSPS) is 11.9. The maximum atomic E-state index is 12.6. The van der Waals surface area contributed by atoms with Crippen molar-refractivity contribution in [2.45, 2.75) is 40.6 Å². The predicted octanol–water partition coefficient (Wildman–Crippen LogP) is 4.57. The lowest BCUT2D eigenvalue weighted by Gasteiger charge is -2.14. The summed E-state index contributed by atoms with van der Waals surface area (Å²) in [6.45, 7) is 4.68. The first-order valence-electron chi connectivity index (χ1n) is 8.34. The van der Waals surface area contributed by atoms with Gasteiger partial charge >= 0.3 is 0 Å². The average Bonchev–Trinajstić information content (AvgIpc) is 3.11. The first-order valence-corrected chi connectivity index (χ1v) is 10.0. The molecule has 0 aliphatic heterocycles.